The van der Waals surface area contributed by atoms with Crippen LogP contribution in [0.4, 0.5) is 0 Å². The fourth-order valence-electron chi connectivity index (χ4n) is 8.23. The second-order valence-corrected chi connectivity index (χ2v) is 15.6. The van der Waals surface area contributed by atoms with E-state index >= 15 is 0 Å². The van der Waals surface area contributed by atoms with Crippen molar-refractivity contribution >= 4 is 0 Å². The van der Waals surface area contributed by atoms with Gasteiger partial charge in [0.15, 0.2) is 0 Å². The third-order valence-electron chi connectivity index (χ3n) is 11.4. The van der Waals surface area contributed by atoms with Gasteiger partial charge in [0.2, 0.25) is 11.8 Å². The molecular weight excluding hydrogens is 500 g/mol. The quantitative estimate of drug-likeness (QED) is 0.341. The molecule has 3 nitrogen and oxygen atoms in total. The SMILES string of the molecule is CCC(C)(CC(C)(C)C1CCCCCCCCCCC(C)CC1)c1nnc(C2CCCCCCCCCCCC2)o1. The lowest BCUT2D eigenvalue weighted by atomic mass is 9.64. The van der Waals surface area contributed by atoms with Gasteiger partial charge in [0.1, 0.15) is 0 Å². The van der Waals surface area contributed by atoms with Crippen LogP contribution in [-0.2, 0) is 5.41 Å². The van der Waals surface area contributed by atoms with Gasteiger partial charge in [-0.15, -0.1) is 10.2 Å². The summed E-state index contributed by atoms with van der Waals surface area (Å²) in [6.45, 7) is 12.4. The van der Waals surface area contributed by atoms with E-state index in [1.54, 1.807) is 0 Å². The van der Waals surface area contributed by atoms with Crippen LogP contribution < -0.4 is 0 Å². The minimum Gasteiger partial charge on any atom is -0.424 e. The Hall–Kier alpha value is -0.860. The molecule has 2 aliphatic rings. The second-order valence-electron chi connectivity index (χ2n) is 15.6. The number of rotatable bonds is 6. The number of hydrogen-bond acceptors (Lipinski definition) is 3. The van der Waals surface area contributed by atoms with Crippen LogP contribution in [0.25, 0.3) is 0 Å². The molecule has 0 spiro atoms. The zero-order valence-electron chi connectivity index (χ0n) is 28.4. The lowest BCUT2D eigenvalue weighted by Gasteiger charge is -2.41. The average Bonchev–Trinajstić information content (AvgIpc) is 3.45. The maximum atomic E-state index is 6.69. The number of nitrogens with zero attached hydrogens (tertiary/aromatic N) is 2. The van der Waals surface area contributed by atoms with Crippen LogP contribution in [0.1, 0.15) is 219 Å². The summed E-state index contributed by atoms with van der Waals surface area (Å²) in [4.78, 5) is 0. The van der Waals surface area contributed by atoms with Gasteiger partial charge in [0, 0.05) is 11.3 Å². The van der Waals surface area contributed by atoms with Gasteiger partial charge in [0.05, 0.1) is 0 Å². The first-order valence-electron chi connectivity index (χ1n) is 18.7. The predicted octanol–water partition coefficient (Wildman–Crippen LogP) is 12.9. The molecule has 238 valence electrons. The molecule has 0 bridgehead atoms. The molecule has 3 unspecified atom stereocenters. The minimum absolute atomic E-state index is 0.0528. The van der Waals surface area contributed by atoms with E-state index < -0.39 is 0 Å². The van der Waals surface area contributed by atoms with Gasteiger partial charge in [-0.1, -0.05) is 163 Å². The van der Waals surface area contributed by atoms with Crippen LogP contribution in [0.15, 0.2) is 4.42 Å². The van der Waals surface area contributed by atoms with Crippen LogP contribution in [0.5, 0.6) is 0 Å². The maximum Gasteiger partial charge on any atom is 0.222 e. The van der Waals surface area contributed by atoms with E-state index in [4.69, 9.17) is 14.6 Å². The van der Waals surface area contributed by atoms with Gasteiger partial charge in [-0.2, -0.15) is 0 Å². The monoisotopic (exact) mass is 571 g/mol. The summed E-state index contributed by atoms with van der Waals surface area (Å²) in [5, 5.41) is 9.57. The van der Waals surface area contributed by atoms with Crippen molar-refractivity contribution in [1.82, 2.24) is 10.2 Å². The van der Waals surface area contributed by atoms with Crippen LogP contribution in [0.2, 0.25) is 0 Å². The number of aromatic nitrogens is 2. The van der Waals surface area contributed by atoms with E-state index in [2.05, 4.69) is 34.6 Å². The molecule has 3 atom stereocenters. The smallest absolute Gasteiger partial charge is 0.222 e. The van der Waals surface area contributed by atoms with Crippen LogP contribution >= 0.6 is 0 Å². The molecular formula is C38H70N2O. The summed E-state index contributed by atoms with van der Waals surface area (Å²) in [5.41, 5.74) is 0.213. The molecule has 0 amide bonds. The highest BCUT2D eigenvalue weighted by molar-refractivity contribution is 5.06. The van der Waals surface area contributed by atoms with Crippen LogP contribution in [0, 0.1) is 17.3 Å². The van der Waals surface area contributed by atoms with Crippen molar-refractivity contribution in [1.29, 1.82) is 0 Å². The first kappa shape index (κ1) is 34.6. The fourth-order valence-corrected chi connectivity index (χ4v) is 8.23. The van der Waals surface area contributed by atoms with Crippen molar-refractivity contribution in [3.63, 3.8) is 0 Å². The Morgan fingerprint density at radius 1 is 0.585 bits per heavy atom. The van der Waals surface area contributed by atoms with Crippen molar-refractivity contribution in [2.75, 3.05) is 0 Å². The van der Waals surface area contributed by atoms with E-state index in [0.29, 0.717) is 5.92 Å². The molecule has 0 saturated heterocycles. The maximum absolute atomic E-state index is 6.69. The molecule has 3 rings (SSSR count). The average molecular weight is 571 g/mol. The largest absolute Gasteiger partial charge is 0.424 e. The van der Waals surface area contributed by atoms with Gasteiger partial charge >= 0.3 is 0 Å². The number of hydrogen-bond donors (Lipinski definition) is 0. The van der Waals surface area contributed by atoms with E-state index in [9.17, 15) is 0 Å². The summed E-state index contributed by atoms with van der Waals surface area (Å²) in [6, 6.07) is 0. The Balaban J connectivity index is 1.68. The molecule has 3 heteroatoms. The third kappa shape index (κ3) is 12.3. The third-order valence-corrected chi connectivity index (χ3v) is 11.4. The first-order chi connectivity index (χ1) is 19.8. The molecule has 0 aliphatic heterocycles. The Kier molecular flexibility index (Phi) is 15.8. The zero-order valence-corrected chi connectivity index (χ0v) is 28.4. The van der Waals surface area contributed by atoms with Crippen LogP contribution in [-0.4, -0.2) is 10.2 Å². The van der Waals surface area contributed by atoms with Gasteiger partial charge in [-0.3, -0.25) is 0 Å². The standard InChI is InChI=1S/C38H70N2O/c1-6-38(5,31-37(3,4)34-28-24-20-16-12-11-13-17-21-25-32(2)29-30-34)36-40-39-35(41-36)33-26-22-18-14-9-7-8-10-15-19-23-27-33/h32-34H,6-31H2,1-5H3. The molecule has 1 heterocycles. The fraction of sp³-hybridized carbons (Fsp3) is 0.947. The normalized spacial score (nSPS) is 26.6. The van der Waals surface area contributed by atoms with Gasteiger partial charge in [0.25, 0.3) is 0 Å². The summed E-state index contributed by atoms with van der Waals surface area (Å²) < 4.78 is 6.69. The summed E-state index contributed by atoms with van der Waals surface area (Å²) >= 11 is 0. The Morgan fingerprint density at radius 2 is 1.05 bits per heavy atom. The molecule has 41 heavy (non-hydrogen) atoms. The molecule has 2 fully saturated rings. The lowest BCUT2D eigenvalue weighted by Crippen LogP contribution is -2.34. The topological polar surface area (TPSA) is 38.9 Å². The molecule has 2 aliphatic carbocycles. The van der Waals surface area contributed by atoms with E-state index in [1.165, 1.54) is 154 Å². The summed E-state index contributed by atoms with van der Waals surface area (Å²) in [7, 11) is 0. The van der Waals surface area contributed by atoms with Crippen molar-refractivity contribution in [3.8, 4) is 0 Å². The minimum atomic E-state index is -0.0528. The molecule has 1 aromatic heterocycles. The first-order valence-corrected chi connectivity index (χ1v) is 18.7. The highest BCUT2D eigenvalue weighted by Crippen LogP contribution is 2.47. The van der Waals surface area contributed by atoms with Crippen LogP contribution in [0.3, 0.4) is 0 Å². The van der Waals surface area contributed by atoms with E-state index in [0.717, 1.165) is 36.5 Å². The lowest BCUT2D eigenvalue weighted by molar-refractivity contribution is 0.108. The Bertz CT molecular complexity index is 786. The van der Waals surface area contributed by atoms with Crippen molar-refractivity contribution < 1.29 is 4.42 Å². The van der Waals surface area contributed by atoms with Crippen molar-refractivity contribution in [3.05, 3.63) is 11.8 Å². The second kappa shape index (κ2) is 18.7. The van der Waals surface area contributed by atoms with E-state index in [1.807, 2.05) is 0 Å². The Morgan fingerprint density at radius 3 is 1.56 bits per heavy atom. The summed E-state index contributed by atoms with van der Waals surface area (Å²) in [5.74, 6) is 3.95. The molecule has 0 aromatic carbocycles. The van der Waals surface area contributed by atoms with Crippen molar-refractivity contribution in [2.24, 2.45) is 17.3 Å². The van der Waals surface area contributed by atoms with Gasteiger partial charge in [-0.05, 0) is 55.8 Å². The molecule has 0 N–H and O–H groups in total. The highest BCUT2D eigenvalue weighted by atomic mass is 16.4. The Labute approximate surface area is 256 Å². The van der Waals surface area contributed by atoms with E-state index in [-0.39, 0.29) is 10.8 Å². The highest BCUT2D eigenvalue weighted by Gasteiger charge is 2.41. The summed E-state index contributed by atoms with van der Waals surface area (Å²) in [6.07, 6.45) is 35.5. The molecule has 0 radical (unpaired) electrons. The van der Waals surface area contributed by atoms with Gasteiger partial charge in [-0.25, -0.2) is 0 Å². The molecule has 1 aromatic rings. The molecule has 2 saturated carbocycles. The van der Waals surface area contributed by atoms with Gasteiger partial charge < -0.3 is 4.42 Å². The van der Waals surface area contributed by atoms with Crippen molar-refractivity contribution in [2.45, 2.75) is 213 Å². The zero-order chi connectivity index (χ0) is 29.4. The predicted molar refractivity (Wildman–Crippen MR) is 177 cm³/mol.